The van der Waals surface area contributed by atoms with Crippen molar-refractivity contribution in [3.8, 4) is 0 Å². The van der Waals surface area contributed by atoms with Gasteiger partial charge in [-0.3, -0.25) is 9.56 Å². The Labute approximate surface area is 188 Å². The third-order valence-electron chi connectivity index (χ3n) is 3.49. The van der Waals surface area contributed by atoms with Gasteiger partial charge in [-0.2, -0.15) is 8.78 Å². The van der Waals surface area contributed by atoms with Crippen LogP contribution in [0.3, 0.4) is 0 Å². The van der Waals surface area contributed by atoms with E-state index in [-0.39, 0.29) is 41.1 Å². The van der Waals surface area contributed by atoms with Crippen LogP contribution >= 0.6 is 51.7 Å². The second-order valence-corrected chi connectivity index (χ2v) is 8.82. The summed E-state index contributed by atoms with van der Waals surface area (Å²) in [6.45, 7) is 2.46. The van der Waals surface area contributed by atoms with Crippen molar-refractivity contribution in [3.05, 3.63) is 47.0 Å². The summed E-state index contributed by atoms with van der Waals surface area (Å²) in [6, 6.07) is 8.15. The van der Waals surface area contributed by atoms with Crippen LogP contribution in [0.15, 0.2) is 51.0 Å². The van der Waals surface area contributed by atoms with E-state index in [4.69, 9.17) is 0 Å². The molecule has 0 aliphatic heterocycles. The largest absolute Gasteiger partial charge is 0.355 e. The van der Waals surface area contributed by atoms with Gasteiger partial charge < -0.3 is 10.6 Å². The number of nitrogens with zero attached hydrogens (tertiary/aromatic N) is 3. The number of rotatable bonds is 7. The minimum atomic E-state index is -2.61. The molecule has 27 heavy (non-hydrogen) atoms. The number of thioether (sulfide) groups is 1. The highest BCUT2D eigenvalue weighted by Gasteiger charge is 2.20. The van der Waals surface area contributed by atoms with E-state index in [0.29, 0.717) is 12.5 Å². The highest BCUT2D eigenvalue weighted by molar-refractivity contribution is 14.0. The molecule has 0 spiro atoms. The maximum absolute atomic E-state index is 12.8. The zero-order chi connectivity index (χ0) is 19.2. The average molecular weight is 574 g/mol. The normalized spacial score (nSPS) is 12.0. The fourth-order valence-electron chi connectivity index (χ4n) is 2.20. The Morgan fingerprint density at radius 1 is 1.30 bits per heavy atom. The van der Waals surface area contributed by atoms with Gasteiger partial charge in [-0.25, -0.2) is 4.98 Å². The molecular weight excluding hydrogens is 551 g/mol. The van der Waals surface area contributed by atoms with E-state index in [2.05, 4.69) is 62.5 Å². The van der Waals surface area contributed by atoms with Crippen molar-refractivity contribution in [3.63, 3.8) is 0 Å². The number of hydrogen-bond donors (Lipinski definition) is 2. The number of imidazole rings is 1. The molecule has 0 bridgehead atoms. The van der Waals surface area contributed by atoms with Gasteiger partial charge in [-0.05, 0) is 38.1 Å². The summed E-state index contributed by atoms with van der Waals surface area (Å²) < 4.78 is 27.5. The number of benzene rings is 1. The first kappa shape index (κ1) is 24.2. The minimum Gasteiger partial charge on any atom is -0.355 e. The van der Waals surface area contributed by atoms with Crippen molar-refractivity contribution in [2.75, 3.05) is 13.6 Å². The van der Waals surface area contributed by atoms with Crippen LogP contribution in [0.4, 0.5) is 8.78 Å². The summed E-state index contributed by atoms with van der Waals surface area (Å²) in [4.78, 5) is 9.25. The molecule has 10 heteroatoms. The first-order valence-electron chi connectivity index (χ1n) is 8.00. The molecule has 0 saturated carbocycles. The lowest BCUT2D eigenvalue weighted by molar-refractivity contribution is 0.0668. The molecule has 0 radical (unpaired) electrons. The quantitative estimate of drug-likeness (QED) is 0.214. The van der Waals surface area contributed by atoms with E-state index < -0.39 is 6.55 Å². The van der Waals surface area contributed by atoms with E-state index in [0.717, 1.165) is 9.04 Å². The summed E-state index contributed by atoms with van der Waals surface area (Å²) in [5, 5.41) is 6.25. The fourth-order valence-corrected chi connectivity index (χ4v) is 3.52. The topological polar surface area (TPSA) is 54.2 Å². The number of nitrogens with one attached hydrogen (secondary N) is 2. The van der Waals surface area contributed by atoms with Crippen molar-refractivity contribution < 1.29 is 8.78 Å². The highest BCUT2D eigenvalue weighted by atomic mass is 127. The molecule has 0 amide bonds. The van der Waals surface area contributed by atoms with Gasteiger partial charge in [0.15, 0.2) is 5.96 Å². The van der Waals surface area contributed by atoms with Gasteiger partial charge >= 0.3 is 6.55 Å². The molecule has 2 N–H and O–H groups in total. The third kappa shape index (κ3) is 7.94. The molecule has 0 aliphatic rings. The van der Waals surface area contributed by atoms with E-state index >= 15 is 0 Å². The Kier molecular flexibility index (Phi) is 10.0. The van der Waals surface area contributed by atoms with Crippen molar-refractivity contribution in [1.29, 1.82) is 0 Å². The van der Waals surface area contributed by atoms with E-state index in [1.165, 1.54) is 17.3 Å². The van der Waals surface area contributed by atoms with Crippen molar-refractivity contribution in [2.45, 2.75) is 36.6 Å². The molecule has 0 fully saturated rings. The number of guanidine groups is 1. The smallest absolute Gasteiger partial charge is 0.319 e. The van der Waals surface area contributed by atoms with Crippen LogP contribution in [0.5, 0.6) is 0 Å². The lowest BCUT2D eigenvalue weighted by Gasteiger charge is -2.25. The number of aromatic nitrogens is 2. The van der Waals surface area contributed by atoms with Crippen molar-refractivity contribution in [1.82, 2.24) is 20.2 Å². The molecule has 1 aromatic carbocycles. The zero-order valence-electron chi connectivity index (χ0n) is 15.2. The molecule has 0 aliphatic carbocycles. The summed E-state index contributed by atoms with van der Waals surface area (Å²) in [5.41, 5.74) is 0. The molecule has 1 heterocycles. The van der Waals surface area contributed by atoms with Gasteiger partial charge in [0.05, 0.1) is 6.54 Å². The zero-order valence-corrected chi connectivity index (χ0v) is 20.0. The number of alkyl halides is 2. The second-order valence-electron chi connectivity index (χ2n) is 6.12. The predicted octanol–water partition coefficient (Wildman–Crippen LogP) is 4.89. The van der Waals surface area contributed by atoms with Crippen LogP contribution in [-0.2, 0) is 6.54 Å². The van der Waals surface area contributed by atoms with E-state index in [9.17, 15) is 8.78 Å². The Morgan fingerprint density at radius 3 is 2.56 bits per heavy atom. The maximum atomic E-state index is 12.8. The average Bonchev–Trinajstić information content (AvgIpc) is 3.06. The molecule has 5 nitrogen and oxygen atoms in total. The van der Waals surface area contributed by atoms with Gasteiger partial charge in [0, 0.05) is 40.1 Å². The molecule has 0 unspecified atom stereocenters. The van der Waals surface area contributed by atoms with Gasteiger partial charge in [0.2, 0.25) is 0 Å². The summed E-state index contributed by atoms with van der Waals surface area (Å²) in [5.74, 6) is 0.796. The van der Waals surface area contributed by atoms with Crippen molar-refractivity contribution >= 4 is 57.6 Å². The second kappa shape index (κ2) is 11.2. The third-order valence-corrected chi connectivity index (χ3v) is 5.22. The van der Waals surface area contributed by atoms with Crippen LogP contribution in [0.25, 0.3) is 0 Å². The summed E-state index contributed by atoms with van der Waals surface area (Å²) in [7, 11) is 1.64. The fraction of sp³-hybridized carbons (Fsp3) is 0.412. The molecule has 2 aromatic rings. The molecule has 0 atom stereocenters. The van der Waals surface area contributed by atoms with Crippen LogP contribution in [0.2, 0.25) is 0 Å². The Bertz CT molecular complexity index is 737. The minimum absolute atomic E-state index is 0. The maximum Gasteiger partial charge on any atom is 0.319 e. The van der Waals surface area contributed by atoms with Crippen molar-refractivity contribution in [2.24, 2.45) is 4.99 Å². The number of halogens is 4. The van der Waals surface area contributed by atoms with Gasteiger partial charge in [-0.15, -0.1) is 35.7 Å². The van der Waals surface area contributed by atoms with Crippen LogP contribution < -0.4 is 10.6 Å². The van der Waals surface area contributed by atoms with Gasteiger partial charge in [-0.1, -0.05) is 15.9 Å². The highest BCUT2D eigenvalue weighted by Crippen LogP contribution is 2.32. The Balaban J connectivity index is 0.00000364. The predicted molar refractivity (Wildman–Crippen MR) is 121 cm³/mol. The number of aliphatic imine (C=N–C) groups is 1. The standard InChI is InChI=1S/C17H22BrF2N5S.HI/c1-17(2,26-13-6-4-12(18)5-7-13)11-24-16(21-3)23-10-14-22-8-9-25(14)15(19)20;/h4-9,15H,10-11H2,1-3H3,(H2,21,23,24);1H. The lowest BCUT2D eigenvalue weighted by Crippen LogP contribution is -2.43. The molecular formula is C17H23BrF2IN5S. The van der Waals surface area contributed by atoms with E-state index in [1.807, 2.05) is 12.1 Å². The SMILES string of the molecule is CN=C(NCc1nccn1C(F)F)NCC(C)(C)Sc1ccc(Br)cc1.I. The van der Waals surface area contributed by atoms with Gasteiger partial charge in [0.25, 0.3) is 0 Å². The summed E-state index contributed by atoms with van der Waals surface area (Å²) >= 11 is 5.18. The molecule has 150 valence electrons. The van der Waals surface area contributed by atoms with Gasteiger partial charge in [0.1, 0.15) is 5.82 Å². The number of hydrogen-bond acceptors (Lipinski definition) is 3. The summed E-state index contributed by atoms with van der Waals surface area (Å²) in [6.07, 6.45) is 2.62. The monoisotopic (exact) mass is 573 g/mol. The van der Waals surface area contributed by atoms with Crippen LogP contribution in [-0.4, -0.2) is 33.9 Å². The first-order valence-corrected chi connectivity index (χ1v) is 9.60. The van der Waals surface area contributed by atoms with Crippen LogP contribution in [0, 0.1) is 0 Å². The lowest BCUT2D eigenvalue weighted by atomic mass is 10.2. The Hall–Kier alpha value is -0.880. The first-order chi connectivity index (χ1) is 12.3. The molecule has 1 aromatic heterocycles. The van der Waals surface area contributed by atoms with Crippen LogP contribution in [0.1, 0.15) is 26.2 Å². The van der Waals surface area contributed by atoms with E-state index in [1.54, 1.807) is 18.8 Å². The Morgan fingerprint density at radius 2 is 1.96 bits per heavy atom. The molecule has 0 saturated heterocycles. The molecule has 2 rings (SSSR count).